The molecule has 1 aliphatic heterocycles. The van der Waals surface area contributed by atoms with Gasteiger partial charge in [0.2, 0.25) is 5.91 Å². The summed E-state index contributed by atoms with van der Waals surface area (Å²) in [5.41, 5.74) is 7.17. The lowest BCUT2D eigenvalue weighted by Crippen LogP contribution is -2.50. The number of hydrogen-bond acceptors (Lipinski definition) is 4. The molecule has 27 heavy (non-hydrogen) atoms. The van der Waals surface area contributed by atoms with Crippen LogP contribution in [-0.2, 0) is 11.2 Å². The molecule has 1 amide bonds. The van der Waals surface area contributed by atoms with Gasteiger partial charge in [0.25, 0.3) is 0 Å². The summed E-state index contributed by atoms with van der Waals surface area (Å²) in [5.74, 6) is 0.157. The van der Waals surface area contributed by atoms with Crippen LogP contribution in [-0.4, -0.2) is 37.2 Å². The summed E-state index contributed by atoms with van der Waals surface area (Å²) in [6.45, 7) is 6.19. The Kier molecular flexibility index (Phi) is 5.65. The van der Waals surface area contributed by atoms with Crippen molar-refractivity contribution in [2.75, 3.05) is 24.5 Å². The minimum atomic E-state index is -0.500. The van der Waals surface area contributed by atoms with Crippen LogP contribution in [0.1, 0.15) is 19.4 Å². The number of rotatable bonds is 7. The van der Waals surface area contributed by atoms with Crippen LogP contribution in [0.3, 0.4) is 0 Å². The normalized spacial score (nSPS) is 16.3. The van der Waals surface area contributed by atoms with Crippen molar-refractivity contribution in [3.63, 3.8) is 0 Å². The Labute approximate surface area is 159 Å². The topological polar surface area (TPSA) is 67.6 Å². The van der Waals surface area contributed by atoms with E-state index in [1.807, 2.05) is 24.3 Å². The lowest BCUT2D eigenvalue weighted by molar-refractivity contribution is -0.120. The monoisotopic (exact) mass is 371 g/mol. The fourth-order valence-electron chi connectivity index (χ4n) is 3.38. The number of primary amides is 1. The fraction of sp³-hybridized carbons (Fsp3) is 0.381. The van der Waals surface area contributed by atoms with Crippen LogP contribution in [0, 0.1) is 5.82 Å². The van der Waals surface area contributed by atoms with Crippen LogP contribution in [0.2, 0.25) is 0 Å². The van der Waals surface area contributed by atoms with Crippen molar-refractivity contribution in [1.82, 2.24) is 5.32 Å². The first-order valence-corrected chi connectivity index (χ1v) is 9.14. The van der Waals surface area contributed by atoms with Gasteiger partial charge in [-0.1, -0.05) is 24.3 Å². The number of para-hydroxylation sites is 2. The quantitative estimate of drug-likeness (QED) is 0.785. The van der Waals surface area contributed by atoms with Crippen molar-refractivity contribution in [2.45, 2.75) is 31.9 Å². The molecule has 6 heteroatoms. The predicted molar refractivity (Wildman–Crippen MR) is 104 cm³/mol. The largest absolute Gasteiger partial charge is 0.484 e. The molecule has 1 aliphatic rings. The van der Waals surface area contributed by atoms with Crippen LogP contribution >= 0.6 is 0 Å². The van der Waals surface area contributed by atoms with Crippen molar-refractivity contribution in [3.05, 3.63) is 59.9 Å². The Hall–Kier alpha value is -2.60. The molecule has 5 nitrogen and oxygen atoms in total. The number of anilines is 1. The molecule has 1 heterocycles. The molecule has 0 aliphatic carbocycles. The van der Waals surface area contributed by atoms with Crippen molar-refractivity contribution in [3.8, 4) is 5.75 Å². The van der Waals surface area contributed by atoms with E-state index in [9.17, 15) is 9.18 Å². The predicted octanol–water partition coefficient (Wildman–Crippen LogP) is 2.49. The second kappa shape index (κ2) is 7.96. The summed E-state index contributed by atoms with van der Waals surface area (Å²) in [6, 6.07) is 13.6. The molecular formula is C21H26FN3O2. The lowest BCUT2D eigenvalue weighted by Gasteiger charge is -2.41. The molecule has 0 spiro atoms. The summed E-state index contributed by atoms with van der Waals surface area (Å²) in [4.78, 5) is 14.1. The van der Waals surface area contributed by atoms with Gasteiger partial charge < -0.3 is 20.7 Å². The number of ether oxygens (including phenoxy) is 1. The Morgan fingerprint density at radius 2 is 1.96 bits per heavy atom. The number of benzene rings is 2. The number of amides is 1. The molecule has 3 N–H and O–H groups in total. The zero-order valence-corrected chi connectivity index (χ0v) is 15.7. The van der Waals surface area contributed by atoms with E-state index >= 15 is 0 Å². The van der Waals surface area contributed by atoms with Gasteiger partial charge in [0.1, 0.15) is 17.2 Å². The summed E-state index contributed by atoms with van der Waals surface area (Å²) in [7, 11) is 0. The average Bonchev–Trinajstić information content (AvgIpc) is 2.61. The van der Waals surface area contributed by atoms with Gasteiger partial charge in [-0.2, -0.15) is 0 Å². The van der Waals surface area contributed by atoms with Crippen molar-refractivity contribution in [2.24, 2.45) is 5.73 Å². The number of nitrogens with one attached hydrogen (secondary N) is 1. The zero-order valence-electron chi connectivity index (χ0n) is 15.7. The second-order valence-corrected chi connectivity index (χ2v) is 7.49. The van der Waals surface area contributed by atoms with Gasteiger partial charge in [-0.25, -0.2) is 4.39 Å². The molecule has 2 aromatic carbocycles. The number of carbonyl (C=O) groups is 1. The van der Waals surface area contributed by atoms with Gasteiger partial charge in [0.15, 0.2) is 0 Å². The molecular weight excluding hydrogens is 345 g/mol. The summed E-state index contributed by atoms with van der Waals surface area (Å²) < 4.78 is 19.1. The van der Waals surface area contributed by atoms with E-state index < -0.39 is 11.9 Å². The van der Waals surface area contributed by atoms with Gasteiger partial charge in [-0.3, -0.25) is 4.79 Å². The van der Waals surface area contributed by atoms with Crippen LogP contribution < -0.4 is 20.7 Å². The highest BCUT2D eigenvalue weighted by molar-refractivity contribution is 5.80. The first-order chi connectivity index (χ1) is 12.8. The van der Waals surface area contributed by atoms with Gasteiger partial charge in [0.05, 0.1) is 18.3 Å². The summed E-state index contributed by atoms with van der Waals surface area (Å²) in [5, 5.41) is 3.24. The number of nitrogens with zero attached hydrogens (tertiary/aromatic N) is 1. The Morgan fingerprint density at radius 3 is 2.67 bits per heavy atom. The number of halogens is 1. The third-order valence-electron chi connectivity index (χ3n) is 4.63. The van der Waals surface area contributed by atoms with Crippen molar-refractivity contribution >= 4 is 11.6 Å². The van der Waals surface area contributed by atoms with E-state index in [1.165, 1.54) is 12.1 Å². The summed E-state index contributed by atoms with van der Waals surface area (Å²) >= 11 is 0. The van der Waals surface area contributed by atoms with Gasteiger partial charge in [-0.05, 0) is 50.1 Å². The third kappa shape index (κ3) is 4.98. The molecule has 0 bridgehead atoms. The maximum Gasteiger partial charge on any atom is 0.234 e. The van der Waals surface area contributed by atoms with Crippen molar-refractivity contribution in [1.29, 1.82) is 0 Å². The molecule has 0 fully saturated rings. The molecule has 0 aromatic heterocycles. The van der Waals surface area contributed by atoms with Gasteiger partial charge >= 0.3 is 0 Å². The molecule has 2 aromatic rings. The van der Waals surface area contributed by atoms with Crippen LogP contribution in [0.4, 0.5) is 10.1 Å². The number of hydrogen-bond donors (Lipinski definition) is 2. The first kappa shape index (κ1) is 19.2. The maximum atomic E-state index is 13.1. The van der Waals surface area contributed by atoms with E-state index in [1.54, 1.807) is 12.1 Å². The number of fused-ring (bicyclic) bond motifs is 1. The number of carbonyl (C=O) groups excluding carboxylic acids is 1. The molecule has 1 unspecified atom stereocenters. The van der Waals surface area contributed by atoms with E-state index in [-0.39, 0.29) is 11.4 Å². The van der Waals surface area contributed by atoms with E-state index in [2.05, 4.69) is 24.1 Å². The van der Waals surface area contributed by atoms with Gasteiger partial charge in [-0.15, -0.1) is 0 Å². The molecule has 0 saturated heterocycles. The minimum Gasteiger partial charge on any atom is -0.484 e. The standard InChI is InChI=1S/C21H26FN3O2/c1-21(2)14-25(18-5-3-4-6-19(18)27-21)12-11-24-17(20(23)26)13-15-7-9-16(22)10-8-15/h3-10,17,24H,11-14H2,1-2H3,(H2,23,26). The highest BCUT2D eigenvalue weighted by Crippen LogP contribution is 2.36. The van der Waals surface area contributed by atoms with Gasteiger partial charge in [0, 0.05) is 13.1 Å². The maximum absolute atomic E-state index is 13.1. The second-order valence-electron chi connectivity index (χ2n) is 7.49. The smallest absolute Gasteiger partial charge is 0.234 e. The molecule has 0 radical (unpaired) electrons. The lowest BCUT2D eigenvalue weighted by atomic mass is 10.0. The van der Waals surface area contributed by atoms with E-state index in [4.69, 9.17) is 10.5 Å². The number of nitrogens with two attached hydrogens (primary N) is 1. The van der Waals surface area contributed by atoms with Crippen LogP contribution in [0.15, 0.2) is 48.5 Å². The molecule has 0 saturated carbocycles. The molecule has 1 atom stereocenters. The summed E-state index contributed by atoms with van der Waals surface area (Å²) in [6.07, 6.45) is 0.431. The average molecular weight is 371 g/mol. The van der Waals surface area contributed by atoms with E-state index in [0.717, 1.165) is 30.1 Å². The van der Waals surface area contributed by atoms with E-state index in [0.29, 0.717) is 13.0 Å². The van der Waals surface area contributed by atoms with Crippen molar-refractivity contribution < 1.29 is 13.9 Å². The Balaban J connectivity index is 1.61. The molecule has 3 rings (SSSR count). The zero-order chi connectivity index (χ0) is 19.4. The third-order valence-corrected chi connectivity index (χ3v) is 4.63. The highest BCUT2D eigenvalue weighted by Gasteiger charge is 2.31. The Morgan fingerprint density at radius 1 is 1.26 bits per heavy atom. The van der Waals surface area contributed by atoms with Crippen LogP contribution in [0.5, 0.6) is 5.75 Å². The molecule has 144 valence electrons. The highest BCUT2D eigenvalue weighted by atomic mass is 19.1. The first-order valence-electron chi connectivity index (χ1n) is 9.14. The van der Waals surface area contributed by atoms with Crippen LogP contribution in [0.25, 0.3) is 0 Å². The Bertz CT molecular complexity index is 792. The SMILES string of the molecule is CC1(C)CN(CCNC(Cc2ccc(F)cc2)C(N)=O)c2ccccc2O1. The minimum absolute atomic E-state index is 0.286. The fourth-order valence-corrected chi connectivity index (χ4v) is 3.38.